The van der Waals surface area contributed by atoms with Crippen LogP contribution < -0.4 is 0 Å². The van der Waals surface area contributed by atoms with Gasteiger partial charge < -0.3 is 9.47 Å². The van der Waals surface area contributed by atoms with Crippen LogP contribution in [0.25, 0.3) is 0 Å². The van der Waals surface area contributed by atoms with Crippen LogP contribution in [0, 0.1) is 0 Å². The maximum absolute atomic E-state index is 11.8. The molecular weight excluding hydrogens is 265 g/mol. The molecule has 0 heterocycles. The molecule has 0 saturated carbocycles. The molecule has 0 spiro atoms. The van der Waals surface area contributed by atoms with Crippen molar-refractivity contribution >= 4 is 11.8 Å². The quantitative estimate of drug-likeness (QED) is 0.738. The molecule has 1 rings (SSSR count). The summed E-state index contributed by atoms with van der Waals surface area (Å²) in [5.74, 6) is -1.80. The molecule has 0 amide bonds. The number of carbonyl (C=O) groups is 2. The van der Waals surface area contributed by atoms with Gasteiger partial charge in [-0.25, -0.2) is 4.79 Å². The smallest absolute Gasteiger partial charge is 0.422 e. The Hall–Kier alpha value is -2.05. The van der Waals surface area contributed by atoms with Crippen LogP contribution in [-0.4, -0.2) is 31.1 Å². The standard InChI is InChI=1S/C12H11F3O4/c1-7-3-8(2)11(17)9(4-7)18-5-10(16)19-6-12(13,14)15/h3-4H,1,5-6H2,2H3. The van der Waals surface area contributed by atoms with Crippen LogP contribution >= 0.6 is 0 Å². The molecule has 0 radical (unpaired) electrons. The molecule has 0 N–H and O–H groups in total. The Morgan fingerprint density at radius 3 is 2.58 bits per heavy atom. The molecule has 0 fully saturated rings. The Morgan fingerprint density at radius 1 is 1.37 bits per heavy atom. The molecule has 4 nitrogen and oxygen atoms in total. The lowest BCUT2D eigenvalue weighted by atomic mass is 10.0. The molecule has 104 valence electrons. The molecule has 19 heavy (non-hydrogen) atoms. The fraction of sp³-hybridized carbons (Fsp3) is 0.333. The Morgan fingerprint density at radius 2 is 2.00 bits per heavy atom. The van der Waals surface area contributed by atoms with Gasteiger partial charge in [0.2, 0.25) is 5.78 Å². The largest absolute Gasteiger partial charge is 0.478 e. The third-order valence-electron chi connectivity index (χ3n) is 2.04. The SMILES string of the molecule is C=C1C=C(C)C(=O)C(OCC(=O)OCC(F)(F)F)=C1. The van der Waals surface area contributed by atoms with Crippen LogP contribution in [0.1, 0.15) is 6.92 Å². The van der Waals surface area contributed by atoms with Crippen molar-refractivity contribution in [2.45, 2.75) is 13.1 Å². The van der Waals surface area contributed by atoms with E-state index in [-0.39, 0.29) is 5.76 Å². The average Bonchev–Trinajstić information content (AvgIpc) is 2.28. The van der Waals surface area contributed by atoms with Crippen molar-refractivity contribution < 1.29 is 32.2 Å². The third kappa shape index (κ3) is 4.99. The number of rotatable bonds is 4. The lowest BCUT2D eigenvalue weighted by Crippen LogP contribution is -2.23. The molecule has 1 aliphatic rings. The number of ketones is 1. The lowest BCUT2D eigenvalue weighted by Gasteiger charge is -2.14. The van der Waals surface area contributed by atoms with E-state index in [1.54, 1.807) is 0 Å². The van der Waals surface area contributed by atoms with E-state index in [9.17, 15) is 22.8 Å². The first kappa shape index (κ1) is 15.0. The highest BCUT2D eigenvalue weighted by Gasteiger charge is 2.29. The van der Waals surface area contributed by atoms with Gasteiger partial charge in [-0.05, 0) is 24.6 Å². The van der Waals surface area contributed by atoms with Gasteiger partial charge in [0.15, 0.2) is 19.0 Å². The molecule has 0 unspecified atom stereocenters. The van der Waals surface area contributed by atoms with Crippen molar-refractivity contribution in [3.63, 3.8) is 0 Å². The van der Waals surface area contributed by atoms with E-state index in [0.29, 0.717) is 11.1 Å². The second-order valence-electron chi connectivity index (χ2n) is 3.80. The van der Waals surface area contributed by atoms with Crippen molar-refractivity contribution in [3.8, 4) is 0 Å². The molecule has 1 aliphatic carbocycles. The molecular formula is C12H11F3O4. The van der Waals surface area contributed by atoms with Crippen molar-refractivity contribution in [1.29, 1.82) is 0 Å². The van der Waals surface area contributed by atoms with E-state index in [2.05, 4.69) is 11.3 Å². The molecule has 0 aromatic heterocycles. The van der Waals surface area contributed by atoms with Gasteiger partial charge >= 0.3 is 12.1 Å². The minimum absolute atomic E-state index is 0.144. The fourth-order valence-corrected chi connectivity index (χ4v) is 1.26. The second-order valence-corrected chi connectivity index (χ2v) is 3.80. The first-order chi connectivity index (χ1) is 8.69. The van der Waals surface area contributed by atoms with Crippen LogP contribution in [0.2, 0.25) is 0 Å². The van der Waals surface area contributed by atoms with Gasteiger partial charge in [-0.2, -0.15) is 13.2 Å². The predicted molar refractivity (Wildman–Crippen MR) is 59.0 cm³/mol. The number of Topliss-reactive ketones (excluding diaryl/α,β-unsaturated/α-hetero) is 1. The number of hydrogen-bond acceptors (Lipinski definition) is 4. The van der Waals surface area contributed by atoms with E-state index < -0.39 is 31.1 Å². The molecule has 0 atom stereocenters. The van der Waals surface area contributed by atoms with Gasteiger partial charge in [0.1, 0.15) is 0 Å². The summed E-state index contributed by atoms with van der Waals surface area (Å²) in [4.78, 5) is 22.5. The minimum Gasteiger partial charge on any atom is -0.478 e. The van der Waals surface area contributed by atoms with Crippen LogP contribution in [0.4, 0.5) is 13.2 Å². The predicted octanol–water partition coefficient (Wildman–Crippen LogP) is 2.08. The summed E-state index contributed by atoms with van der Waals surface area (Å²) in [5.41, 5.74) is 0.863. The number of esters is 1. The normalized spacial score (nSPS) is 15.8. The van der Waals surface area contributed by atoms with Crippen LogP contribution in [-0.2, 0) is 19.1 Å². The maximum Gasteiger partial charge on any atom is 0.422 e. The van der Waals surface area contributed by atoms with Crippen LogP contribution in [0.15, 0.2) is 35.6 Å². The third-order valence-corrected chi connectivity index (χ3v) is 2.04. The van der Waals surface area contributed by atoms with E-state index >= 15 is 0 Å². The van der Waals surface area contributed by atoms with Crippen LogP contribution in [0.3, 0.4) is 0 Å². The number of halogens is 3. The highest BCUT2D eigenvalue weighted by molar-refractivity contribution is 6.08. The fourth-order valence-electron chi connectivity index (χ4n) is 1.26. The zero-order valence-electron chi connectivity index (χ0n) is 10.0. The number of allylic oxidation sites excluding steroid dienone is 4. The number of hydrogen-bond donors (Lipinski definition) is 0. The first-order valence-electron chi connectivity index (χ1n) is 5.18. The Kier molecular flexibility index (Phi) is 4.52. The molecule has 0 aliphatic heterocycles. The number of ether oxygens (including phenoxy) is 2. The molecule has 0 aromatic rings. The maximum atomic E-state index is 11.8. The van der Waals surface area contributed by atoms with Crippen molar-refractivity contribution in [2.75, 3.05) is 13.2 Å². The number of alkyl halides is 3. The topological polar surface area (TPSA) is 52.6 Å². The summed E-state index contributed by atoms with van der Waals surface area (Å²) >= 11 is 0. The van der Waals surface area contributed by atoms with Crippen LogP contribution in [0.5, 0.6) is 0 Å². The van der Waals surface area contributed by atoms with E-state index in [0.717, 1.165) is 0 Å². The molecule has 0 saturated heterocycles. The van der Waals surface area contributed by atoms with Gasteiger partial charge in [-0.3, -0.25) is 4.79 Å². The van der Waals surface area contributed by atoms with Gasteiger partial charge in [0.05, 0.1) is 0 Å². The first-order valence-corrected chi connectivity index (χ1v) is 5.18. The summed E-state index contributed by atoms with van der Waals surface area (Å²) in [6.45, 7) is 2.67. The minimum atomic E-state index is -4.59. The van der Waals surface area contributed by atoms with E-state index in [1.165, 1.54) is 19.1 Å². The summed E-state index contributed by atoms with van der Waals surface area (Å²) in [5, 5.41) is 0. The summed E-state index contributed by atoms with van der Waals surface area (Å²) in [6, 6.07) is 0. The van der Waals surface area contributed by atoms with Gasteiger partial charge in [-0.1, -0.05) is 6.58 Å². The summed E-state index contributed by atoms with van der Waals surface area (Å²) in [6.07, 6.45) is -1.77. The van der Waals surface area contributed by atoms with Crippen molar-refractivity contribution in [3.05, 3.63) is 35.6 Å². The number of carbonyl (C=O) groups excluding carboxylic acids is 2. The Balaban J connectivity index is 2.47. The monoisotopic (exact) mass is 276 g/mol. The van der Waals surface area contributed by atoms with E-state index in [4.69, 9.17) is 4.74 Å². The van der Waals surface area contributed by atoms with Crippen molar-refractivity contribution in [2.24, 2.45) is 0 Å². The zero-order chi connectivity index (χ0) is 14.6. The average molecular weight is 276 g/mol. The molecule has 0 bridgehead atoms. The van der Waals surface area contributed by atoms with Gasteiger partial charge in [-0.15, -0.1) is 0 Å². The van der Waals surface area contributed by atoms with E-state index in [1.807, 2.05) is 0 Å². The molecule has 0 aromatic carbocycles. The van der Waals surface area contributed by atoms with Gasteiger partial charge in [0, 0.05) is 5.57 Å². The second kappa shape index (κ2) is 5.73. The lowest BCUT2D eigenvalue weighted by molar-refractivity contribution is -0.188. The molecule has 7 heteroatoms. The Bertz CT molecular complexity index is 472. The highest BCUT2D eigenvalue weighted by Crippen LogP contribution is 2.18. The Labute approximate surface area is 107 Å². The summed E-state index contributed by atoms with van der Waals surface area (Å²) in [7, 11) is 0. The van der Waals surface area contributed by atoms with Gasteiger partial charge in [0.25, 0.3) is 0 Å². The van der Waals surface area contributed by atoms with Crippen molar-refractivity contribution in [1.82, 2.24) is 0 Å². The summed E-state index contributed by atoms with van der Waals surface area (Å²) < 4.78 is 44.1. The zero-order valence-corrected chi connectivity index (χ0v) is 10.0. The highest BCUT2D eigenvalue weighted by atomic mass is 19.4.